The van der Waals surface area contributed by atoms with Crippen molar-refractivity contribution in [1.82, 2.24) is 29.5 Å². The zero-order chi connectivity index (χ0) is 18.1. The maximum Gasteiger partial charge on any atom is 0.226 e. The van der Waals surface area contributed by atoms with Crippen LogP contribution in [0.1, 0.15) is 29.9 Å². The summed E-state index contributed by atoms with van der Waals surface area (Å²) >= 11 is 1.55. The molecule has 4 aromatic heterocycles. The number of nitrogens with zero attached hydrogens (tertiary/aromatic N) is 5. The molecule has 4 aromatic rings. The number of hydrogen-bond donors (Lipinski definition) is 1. The van der Waals surface area contributed by atoms with E-state index >= 15 is 0 Å². The van der Waals surface area contributed by atoms with Crippen molar-refractivity contribution in [3.05, 3.63) is 65.3 Å². The number of thiazole rings is 1. The Labute approximate surface area is 154 Å². The summed E-state index contributed by atoms with van der Waals surface area (Å²) < 4.78 is 3.71. The summed E-state index contributed by atoms with van der Waals surface area (Å²) in [6.45, 7) is 3.93. The normalized spacial score (nSPS) is 12.4. The van der Waals surface area contributed by atoms with Gasteiger partial charge in [-0.1, -0.05) is 6.07 Å². The first-order valence-corrected chi connectivity index (χ1v) is 9.16. The molecule has 4 rings (SSSR count). The Morgan fingerprint density at radius 1 is 1.38 bits per heavy atom. The van der Waals surface area contributed by atoms with Crippen molar-refractivity contribution in [1.29, 1.82) is 0 Å². The molecule has 0 aliphatic carbocycles. The number of imidazole rings is 1. The Bertz CT molecular complexity index is 1020. The zero-order valence-corrected chi connectivity index (χ0v) is 15.3. The lowest BCUT2D eigenvalue weighted by Crippen LogP contribution is -2.28. The van der Waals surface area contributed by atoms with Crippen molar-refractivity contribution in [3.63, 3.8) is 0 Å². The van der Waals surface area contributed by atoms with E-state index in [1.54, 1.807) is 28.4 Å². The summed E-state index contributed by atoms with van der Waals surface area (Å²) in [5.74, 6) is 0.695. The summed E-state index contributed by atoms with van der Waals surface area (Å²) in [6.07, 6.45) is 7.59. The first kappa shape index (κ1) is 16.5. The third-order valence-corrected chi connectivity index (χ3v) is 5.01. The average Bonchev–Trinajstić information content (AvgIpc) is 3.30. The summed E-state index contributed by atoms with van der Waals surface area (Å²) in [5, 5.41) is 9.41. The molecule has 0 aromatic carbocycles. The number of hydrogen-bond acceptors (Lipinski definition) is 5. The van der Waals surface area contributed by atoms with E-state index in [4.69, 9.17) is 0 Å². The largest absolute Gasteiger partial charge is 0.349 e. The Morgan fingerprint density at radius 3 is 3.04 bits per heavy atom. The maximum atomic E-state index is 12.4. The molecule has 0 saturated carbocycles. The predicted molar refractivity (Wildman–Crippen MR) is 99.4 cm³/mol. The Morgan fingerprint density at radius 2 is 2.27 bits per heavy atom. The van der Waals surface area contributed by atoms with Crippen LogP contribution in [0.2, 0.25) is 0 Å². The fourth-order valence-electron chi connectivity index (χ4n) is 2.95. The maximum absolute atomic E-state index is 12.4. The van der Waals surface area contributed by atoms with Gasteiger partial charge in [0.1, 0.15) is 0 Å². The van der Waals surface area contributed by atoms with Crippen LogP contribution in [0.5, 0.6) is 0 Å². The van der Waals surface area contributed by atoms with Crippen LogP contribution in [0, 0.1) is 6.92 Å². The Kier molecular flexibility index (Phi) is 4.26. The molecule has 0 fully saturated rings. The van der Waals surface area contributed by atoms with Gasteiger partial charge in [0.2, 0.25) is 5.91 Å². The topological polar surface area (TPSA) is 77.1 Å². The minimum atomic E-state index is -0.149. The lowest BCUT2D eigenvalue weighted by atomic mass is 10.1. The first-order chi connectivity index (χ1) is 12.6. The van der Waals surface area contributed by atoms with Crippen LogP contribution in [0.25, 0.3) is 10.8 Å². The number of fused-ring (bicyclic) bond motifs is 1. The minimum Gasteiger partial charge on any atom is -0.349 e. The van der Waals surface area contributed by atoms with Crippen LogP contribution in [0.3, 0.4) is 0 Å². The molecule has 1 atom stereocenters. The van der Waals surface area contributed by atoms with Gasteiger partial charge in [0.05, 0.1) is 24.4 Å². The van der Waals surface area contributed by atoms with Crippen LogP contribution < -0.4 is 5.32 Å². The molecule has 132 valence electrons. The van der Waals surface area contributed by atoms with Gasteiger partial charge in [-0.15, -0.1) is 11.3 Å². The molecule has 0 aliphatic rings. The second-order valence-corrected chi connectivity index (χ2v) is 6.95. The van der Waals surface area contributed by atoms with Crippen molar-refractivity contribution in [2.24, 2.45) is 0 Å². The highest BCUT2D eigenvalue weighted by Gasteiger charge is 2.17. The van der Waals surface area contributed by atoms with E-state index in [1.807, 2.05) is 54.2 Å². The predicted octanol–water partition coefficient (Wildman–Crippen LogP) is 2.70. The fourth-order valence-corrected chi connectivity index (χ4v) is 3.67. The molecule has 0 bridgehead atoms. The van der Waals surface area contributed by atoms with E-state index in [1.165, 1.54) is 0 Å². The molecule has 26 heavy (non-hydrogen) atoms. The smallest absolute Gasteiger partial charge is 0.226 e. The second kappa shape index (κ2) is 6.72. The minimum absolute atomic E-state index is 0.0618. The summed E-state index contributed by atoms with van der Waals surface area (Å²) in [4.78, 5) is 22.1. The molecular formula is C18H18N6OS. The molecule has 4 heterocycles. The fraction of sp³-hybridized carbons (Fsp3) is 0.222. The Balaban J connectivity index is 1.46. The van der Waals surface area contributed by atoms with Crippen molar-refractivity contribution in [3.8, 4) is 5.82 Å². The highest BCUT2D eigenvalue weighted by atomic mass is 32.1. The molecule has 1 N–H and O–H groups in total. The van der Waals surface area contributed by atoms with E-state index in [9.17, 15) is 4.79 Å². The van der Waals surface area contributed by atoms with Gasteiger partial charge in [-0.25, -0.2) is 14.6 Å². The Hall–Kier alpha value is -3.00. The van der Waals surface area contributed by atoms with E-state index in [0.29, 0.717) is 0 Å². The standard InChI is InChI=1S/C18H18N6OS/c1-12(15-10-20-24(13(15)2)16-5-3-4-6-19-16)21-17(25)9-14-11-23-7-8-26-18(23)22-14/h3-8,10-12H,9H2,1-2H3,(H,21,25)/t12-/m1/s1. The van der Waals surface area contributed by atoms with Crippen molar-refractivity contribution < 1.29 is 4.79 Å². The van der Waals surface area contributed by atoms with Crippen LogP contribution in [0.4, 0.5) is 0 Å². The number of nitrogens with one attached hydrogen (secondary N) is 1. The van der Waals surface area contributed by atoms with Gasteiger partial charge < -0.3 is 5.32 Å². The number of carbonyl (C=O) groups excluding carboxylic acids is 1. The second-order valence-electron chi connectivity index (χ2n) is 6.08. The highest BCUT2D eigenvalue weighted by molar-refractivity contribution is 7.15. The number of aromatic nitrogens is 5. The van der Waals surface area contributed by atoms with Crippen molar-refractivity contribution in [2.75, 3.05) is 0 Å². The van der Waals surface area contributed by atoms with Gasteiger partial charge in [0.15, 0.2) is 10.8 Å². The summed E-state index contributed by atoms with van der Waals surface area (Å²) in [7, 11) is 0. The average molecular weight is 366 g/mol. The van der Waals surface area contributed by atoms with Crippen LogP contribution in [-0.4, -0.2) is 30.1 Å². The van der Waals surface area contributed by atoms with Crippen LogP contribution in [0.15, 0.2) is 48.4 Å². The monoisotopic (exact) mass is 366 g/mol. The van der Waals surface area contributed by atoms with Gasteiger partial charge in [-0.05, 0) is 26.0 Å². The molecule has 0 spiro atoms. The van der Waals surface area contributed by atoms with E-state index in [2.05, 4.69) is 20.4 Å². The lowest BCUT2D eigenvalue weighted by molar-refractivity contribution is -0.121. The summed E-state index contributed by atoms with van der Waals surface area (Å²) in [6, 6.07) is 5.54. The van der Waals surface area contributed by atoms with Gasteiger partial charge in [0, 0.05) is 35.2 Å². The van der Waals surface area contributed by atoms with Gasteiger partial charge in [-0.2, -0.15) is 5.10 Å². The molecular weight excluding hydrogens is 348 g/mol. The SMILES string of the molecule is Cc1c([C@@H](C)NC(=O)Cc2cn3ccsc3n2)cnn1-c1ccccn1. The highest BCUT2D eigenvalue weighted by Crippen LogP contribution is 2.19. The molecule has 1 amide bonds. The zero-order valence-electron chi connectivity index (χ0n) is 14.5. The van der Waals surface area contributed by atoms with E-state index in [0.717, 1.165) is 27.7 Å². The van der Waals surface area contributed by atoms with E-state index in [-0.39, 0.29) is 18.4 Å². The quantitative estimate of drug-likeness (QED) is 0.589. The molecule has 8 heteroatoms. The third kappa shape index (κ3) is 3.11. The van der Waals surface area contributed by atoms with Crippen LogP contribution >= 0.6 is 11.3 Å². The van der Waals surface area contributed by atoms with Crippen molar-refractivity contribution >= 4 is 22.2 Å². The van der Waals surface area contributed by atoms with Crippen molar-refractivity contribution in [2.45, 2.75) is 26.3 Å². The molecule has 0 saturated heterocycles. The van der Waals surface area contributed by atoms with Crippen LogP contribution in [-0.2, 0) is 11.2 Å². The van der Waals surface area contributed by atoms with Gasteiger partial charge in [0.25, 0.3) is 0 Å². The van der Waals surface area contributed by atoms with E-state index < -0.39 is 0 Å². The number of pyridine rings is 1. The molecule has 0 radical (unpaired) electrons. The third-order valence-electron chi connectivity index (χ3n) is 4.24. The summed E-state index contributed by atoms with van der Waals surface area (Å²) in [5.41, 5.74) is 2.69. The molecule has 0 aliphatic heterocycles. The van der Waals surface area contributed by atoms with Gasteiger partial charge in [-0.3, -0.25) is 9.20 Å². The number of carbonyl (C=O) groups is 1. The van der Waals surface area contributed by atoms with Gasteiger partial charge >= 0.3 is 0 Å². The number of rotatable bonds is 5. The molecule has 0 unspecified atom stereocenters. The lowest BCUT2D eigenvalue weighted by Gasteiger charge is -2.13. The molecule has 7 nitrogen and oxygen atoms in total. The first-order valence-electron chi connectivity index (χ1n) is 8.28. The number of amides is 1.